The first-order valence-corrected chi connectivity index (χ1v) is 8.74. The predicted octanol–water partition coefficient (Wildman–Crippen LogP) is 2.22. The lowest BCUT2D eigenvalue weighted by Gasteiger charge is -2.27. The quantitative estimate of drug-likeness (QED) is 0.833. The van der Waals surface area contributed by atoms with Crippen molar-refractivity contribution in [2.75, 3.05) is 26.7 Å². The maximum atomic E-state index is 13.1. The Morgan fingerprint density at radius 3 is 2.69 bits per heavy atom. The second-order valence-electron chi connectivity index (χ2n) is 6.28. The molecule has 7 nitrogen and oxygen atoms in total. The molecule has 0 aliphatic carbocycles. The number of rotatable bonds is 6. The number of hydrogen-bond donors (Lipinski definition) is 1. The highest BCUT2D eigenvalue weighted by molar-refractivity contribution is 5.93. The first-order valence-electron chi connectivity index (χ1n) is 8.74. The number of amides is 1. The van der Waals surface area contributed by atoms with Gasteiger partial charge in [0, 0.05) is 19.1 Å². The molecule has 1 aliphatic heterocycles. The van der Waals surface area contributed by atoms with Crippen LogP contribution in [0.5, 0.6) is 5.75 Å². The summed E-state index contributed by atoms with van der Waals surface area (Å²) in [5, 5.41) is 11.7. The molecular weight excluding hydrogens is 354 g/mol. The van der Waals surface area contributed by atoms with Crippen molar-refractivity contribution in [1.82, 2.24) is 25.2 Å². The van der Waals surface area contributed by atoms with Crippen molar-refractivity contribution < 1.29 is 9.53 Å². The van der Waals surface area contributed by atoms with Crippen LogP contribution in [0.4, 0.5) is 0 Å². The number of halogens is 1. The minimum absolute atomic E-state index is 0. The number of methoxy groups -OCH3 is 1. The number of nitrogens with one attached hydrogen (secondary N) is 1. The highest BCUT2D eigenvalue weighted by Gasteiger charge is 2.29. The standard InChI is InChI=1S/C18H25N5O2.ClH/c1-4-11-22(15-9-10-19-12-15)18(24)17-13(2)23(21-20-17)14-5-7-16(25-3)8-6-14;/h5-8,15,19H,4,9-12H2,1-3H3;1H. The molecule has 2 aromatic rings. The van der Waals surface area contributed by atoms with Crippen LogP contribution in [0.25, 0.3) is 5.69 Å². The van der Waals surface area contributed by atoms with Crippen molar-refractivity contribution >= 4 is 18.3 Å². The molecule has 26 heavy (non-hydrogen) atoms. The molecule has 0 radical (unpaired) electrons. The molecule has 0 bridgehead atoms. The van der Waals surface area contributed by atoms with Gasteiger partial charge in [-0.1, -0.05) is 12.1 Å². The van der Waals surface area contributed by atoms with Gasteiger partial charge in [0.15, 0.2) is 5.69 Å². The summed E-state index contributed by atoms with van der Waals surface area (Å²) in [6.45, 7) is 6.51. The van der Waals surface area contributed by atoms with Crippen LogP contribution in [0.15, 0.2) is 24.3 Å². The fourth-order valence-electron chi connectivity index (χ4n) is 3.23. The Morgan fingerprint density at radius 2 is 2.12 bits per heavy atom. The van der Waals surface area contributed by atoms with Gasteiger partial charge in [-0.3, -0.25) is 4.79 Å². The predicted molar refractivity (Wildman–Crippen MR) is 102 cm³/mol. The van der Waals surface area contributed by atoms with E-state index >= 15 is 0 Å². The van der Waals surface area contributed by atoms with Crippen LogP contribution >= 0.6 is 12.4 Å². The molecule has 1 amide bonds. The summed E-state index contributed by atoms with van der Waals surface area (Å²) < 4.78 is 6.88. The van der Waals surface area contributed by atoms with E-state index in [4.69, 9.17) is 4.74 Å². The Labute approximate surface area is 160 Å². The summed E-state index contributed by atoms with van der Waals surface area (Å²) in [7, 11) is 1.63. The maximum absolute atomic E-state index is 13.1. The van der Waals surface area contributed by atoms with Gasteiger partial charge >= 0.3 is 0 Å². The normalized spacial score (nSPS) is 16.2. The first-order chi connectivity index (χ1) is 12.2. The van der Waals surface area contributed by atoms with Crippen LogP contribution in [-0.2, 0) is 0 Å². The van der Waals surface area contributed by atoms with Crippen LogP contribution in [0.3, 0.4) is 0 Å². The molecule has 1 saturated heterocycles. The van der Waals surface area contributed by atoms with Gasteiger partial charge in [-0.2, -0.15) is 0 Å². The second-order valence-corrected chi connectivity index (χ2v) is 6.28. The van der Waals surface area contributed by atoms with Crippen molar-refractivity contribution in [1.29, 1.82) is 0 Å². The summed E-state index contributed by atoms with van der Waals surface area (Å²) in [4.78, 5) is 15.0. The number of aromatic nitrogens is 3. The summed E-state index contributed by atoms with van der Waals surface area (Å²) >= 11 is 0. The fourth-order valence-corrected chi connectivity index (χ4v) is 3.23. The lowest BCUT2D eigenvalue weighted by atomic mass is 10.1. The number of carbonyl (C=O) groups excluding carboxylic acids is 1. The van der Waals surface area contributed by atoms with Gasteiger partial charge < -0.3 is 15.0 Å². The number of ether oxygens (including phenoxy) is 1. The van der Waals surface area contributed by atoms with E-state index in [0.29, 0.717) is 5.69 Å². The van der Waals surface area contributed by atoms with Crippen LogP contribution in [0, 0.1) is 6.92 Å². The van der Waals surface area contributed by atoms with E-state index in [1.54, 1.807) is 11.8 Å². The smallest absolute Gasteiger partial charge is 0.276 e. The molecule has 1 aromatic heterocycles. The summed E-state index contributed by atoms with van der Waals surface area (Å²) in [5.74, 6) is 0.744. The third kappa shape index (κ3) is 3.99. The minimum atomic E-state index is -0.0344. The number of hydrogen-bond acceptors (Lipinski definition) is 5. The van der Waals surface area contributed by atoms with E-state index < -0.39 is 0 Å². The van der Waals surface area contributed by atoms with Crippen LogP contribution in [0.2, 0.25) is 0 Å². The van der Waals surface area contributed by atoms with Crippen LogP contribution in [-0.4, -0.2) is 58.6 Å². The number of carbonyl (C=O) groups is 1. The van der Waals surface area contributed by atoms with Gasteiger partial charge in [0.05, 0.1) is 18.5 Å². The zero-order valence-corrected chi connectivity index (χ0v) is 16.3. The highest BCUT2D eigenvalue weighted by Crippen LogP contribution is 2.19. The van der Waals surface area contributed by atoms with Gasteiger partial charge in [0.2, 0.25) is 0 Å². The topological polar surface area (TPSA) is 72.3 Å². The zero-order valence-electron chi connectivity index (χ0n) is 15.4. The lowest BCUT2D eigenvalue weighted by Crippen LogP contribution is -2.42. The molecule has 1 unspecified atom stereocenters. The lowest BCUT2D eigenvalue weighted by molar-refractivity contribution is 0.0685. The van der Waals surface area contributed by atoms with Gasteiger partial charge in [-0.05, 0) is 50.6 Å². The number of nitrogens with zero attached hydrogens (tertiary/aromatic N) is 4. The molecule has 1 aromatic carbocycles. The Balaban J connectivity index is 0.00000243. The monoisotopic (exact) mass is 379 g/mol. The highest BCUT2D eigenvalue weighted by atomic mass is 35.5. The van der Waals surface area contributed by atoms with Crippen LogP contribution in [0.1, 0.15) is 35.9 Å². The van der Waals surface area contributed by atoms with E-state index in [1.165, 1.54) is 0 Å². The molecule has 1 fully saturated rings. The van der Waals surface area contributed by atoms with Gasteiger partial charge in [0.1, 0.15) is 5.75 Å². The number of benzene rings is 1. The SMILES string of the molecule is CCCN(C(=O)c1nnn(-c2ccc(OC)cc2)c1C)C1CCNC1.Cl. The van der Waals surface area contributed by atoms with Crippen molar-refractivity contribution in [3.05, 3.63) is 35.7 Å². The molecule has 1 N–H and O–H groups in total. The average molecular weight is 380 g/mol. The molecule has 1 atom stereocenters. The first kappa shape index (κ1) is 20.2. The van der Waals surface area contributed by atoms with Crippen molar-refractivity contribution in [2.24, 2.45) is 0 Å². The van der Waals surface area contributed by atoms with Crippen molar-refractivity contribution in [2.45, 2.75) is 32.7 Å². The minimum Gasteiger partial charge on any atom is -0.497 e. The third-order valence-corrected chi connectivity index (χ3v) is 4.61. The average Bonchev–Trinajstić information content (AvgIpc) is 3.29. The Kier molecular flexibility index (Phi) is 6.99. The molecule has 142 valence electrons. The van der Waals surface area contributed by atoms with E-state index in [2.05, 4.69) is 22.6 Å². The van der Waals surface area contributed by atoms with E-state index in [9.17, 15) is 4.79 Å². The van der Waals surface area contributed by atoms with Gasteiger partial charge in [-0.25, -0.2) is 4.68 Å². The van der Waals surface area contributed by atoms with E-state index in [-0.39, 0.29) is 24.4 Å². The largest absolute Gasteiger partial charge is 0.497 e. The molecule has 2 heterocycles. The molecular formula is C18H26ClN5O2. The van der Waals surface area contributed by atoms with Crippen LogP contribution < -0.4 is 10.1 Å². The third-order valence-electron chi connectivity index (χ3n) is 4.61. The fraction of sp³-hybridized carbons (Fsp3) is 0.500. The molecule has 3 rings (SSSR count). The van der Waals surface area contributed by atoms with Gasteiger partial charge in [-0.15, -0.1) is 17.5 Å². The molecule has 8 heteroatoms. The Bertz CT molecular complexity index is 726. The summed E-state index contributed by atoms with van der Waals surface area (Å²) in [6.07, 6.45) is 1.91. The van der Waals surface area contributed by atoms with Crippen molar-refractivity contribution in [3.8, 4) is 11.4 Å². The Morgan fingerprint density at radius 1 is 1.38 bits per heavy atom. The summed E-state index contributed by atoms with van der Waals surface area (Å²) in [5.41, 5.74) is 2.04. The van der Waals surface area contributed by atoms with E-state index in [1.807, 2.05) is 36.1 Å². The Hall–Kier alpha value is -2.12. The zero-order chi connectivity index (χ0) is 17.8. The molecule has 0 saturated carbocycles. The van der Waals surface area contributed by atoms with Gasteiger partial charge in [0.25, 0.3) is 5.91 Å². The summed E-state index contributed by atoms with van der Waals surface area (Å²) in [6, 6.07) is 7.77. The molecule has 1 aliphatic rings. The molecule has 0 spiro atoms. The second kappa shape index (κ2) is 9.00. The maximum Gasteiger partial charge on any atom is 0.276 e. The van der Waals surface area contributed by atoms with E-state index in [0.717, 1.165) is 49.6 Å². The van der Waals surface area contributed by atoms with Crippen molar-refractivity contribution in [3.63, 3.8) is 0 Å².